The molecule has 4 rings (SSSR count). The van der Waals surface area contributed by atoms with Crippen molar-refractivity contribution in [2.75, 3.05) is 12.4 Å². The number of aryl methyl sites for hydroxylation is 1. The molecule has 1 saturated heterocycles. The Balaban J connectivity index is 1.36. The lowest BCUT2D eigenvalue weighted by atomic mass is 9.92. The van der Waals surface area contributed by atoms with E-state index in [1.807, 2.05) is 12.1 Å². The smallest absolute Gasteiger partial charge is 0.322 e. The van der Waals surface area contributed by atoms with E-state index in [2.05, 4.69) is 26.1 Å². The molecule has 0 radical (unpaired) electrons. The average Bonchev–Trinajstić information content (AvgIpc) is 3.37. The number of amides is 4. The van der Waals surface area contributed by atoms with Crippen molar-refractivity contribution in [1.29, 1.82) is 0 Å². The summed E-state index contributed by atoms with van der Waals surface area (Å²) >= 11 is 0. The maximum absolute atomic E-state index is 12.4. The van der Waals surface area contributed by atoms with Crippen LogP contribution in [0.5, 0.6) is 5.75 Å². The Morgan fingerprint density at radius 2 is 1.97 bits per heavy atom. The number of benzene rings is 2. The van der Waals surface area contributed by atoms with Crippen LogP contribution in [0.1, 0.15) is 24.8 Å². The lowest BCUT2D eigenvalue weighted by Gasteiger charge is -2.21. The van der Waals surface area contributed by atoms with Crippen LogP contribution in [0, 0.1) is 0 Å². The number of carbonyl (C=O) groups is 3. The Kier molecular flexibility index (Phi) is 5.59. The second kappa shape index (κ2) is 8.50. The van der Waals surface area contributed by atoms with Crippen LogP contribution < -0.4 is 20.7 Å². The van der Waals surface area contributed by atoms with Crippen molar-refractivity contribution < 1.29 is 23.6 Å². The van der Waals surface area contributed by atoms with E-state index in [0.717, 1.165) is 11.3 Å². The van der Waals surface area contributed by atoms with Crippen LogP contribution in [0.3, 0.4) is 0 Å². The van der Waals surface area contributed by atoms with Gasteiger partial charge in [-0.25, -0.2) is 4.79 Å². The highest BCUT2D eigenvalue weighted by atomic mass is 16.5. The van der Waals surface area contributed by atoms with E-state index < -0.39 is 17.5 Å². The average molecular weight is 435 g/mol. The minimum Gasteiger partial charge on any atom is -0.497 e. The molecule has 1 fully saturated rings. The SMILES string of the molecule is COc1ccc(-c2noc(CCC(=O)Nc3cccc([C@@]4(C)NC(=O)NC4=O)c3)n2)cc1. The van der Waals surface area contributed by atoms with Gasteiger partial charge in [0, 0.05) is 24.1 Å². The Hall–Kier alpha value is -4.21. The summed E-state index contributed by atoms with van der Waals surface area (Å²) in [6.45, 7) is 1.60. The molecule has 0 bridgehead atoms. The van der Waals surface area contributed by atoms with Gasteiger partial charge in [-0.05, 0) is 48.9 Å². The van der Waals surface area contributed by atoms with Gasteiger partial charge in [0.2, 0.25) is 17.6 Å². The number of imide groups is 1. The number of aromatic nitrogens is 2. The highest BCUT2D eigenvalue weighted by Gasteiger charge is 2.43. The van der Waals surface area contributed by atoms with Gasteiger partial charge in [-0.2, -0.15) is 4.98 Å². The minimum atomic E-state index is -1.20. The summed E-state index contributed by atoms with van der Waals surface area (Å²) in [7, 11) is 1.59. The molecule has 10 nitrogen and oxygen atoms in total. The molecule has 2 aromatic carbocycles. The van der Waals surface area contributed by atoms with Gasteiger partial charge >= 0.3 is 6.03 Å². The number of methoxy groups -OCH3 is 1. The fourth-order valence-electron chi connectivity index (χ4n) is 3.31. The summed E-state index contributed by atoms with van der Waals surface area (Å²) in [4.78, 5) is 40.4. The molecular formula is C22H21N5O5. The topological polar surface area (TPSA) is 135 Å². The highest BCUT2D eigenvalue weighted by Crippen LogP contribution is 2.26. The van der Waals surface area contributed by atoms with Gasteiger partial charge in [0.15, 0.2) is 0 Å². The Labute approximate surface area is 183 Å². The number of hydrogen-bond acceptors (Lipinski definition) is 7. The molecule has 1 aliphatic heterocycles. The molecule has 0 unspecified atom stereocenters. The monoisotopic (exact) mass is 435 g/mol. The van der Waals surface area contributed by atoms with E-state index in [9.17, 15) is 14.4 Å². The van der Waals surface area contributed by atoms with Gasteiger partial charge in [-0.1, -0.05) is 17.3 Å². The van der Waals surface area contributed by atoms with Crippen LogP contribution >= 0.6 is 0 Å². The van der Waals surface area contributed by atoms with Crippen LogP contribution in [0.4, 0.5) is 10.5 Å². The number of hydrogen-bond donors (Lipinski definition) is 3. The number of urea groups is 1. The molecule has 0 spiro atoms. The number of anilines is 1. The Morgan fingerprint density at radius 1 is 1.19 bits per heavy atom. The van der Waals surface area contributed by atoms with Gasteiger partial charge in [-0.3, -0.25) is 14.9 Å². The molecule has 10 heteroatoms. The maximum Gasteiger partial charge on any atom is 0.322 e. The van der Waals surface area contributed by atoms with Crippen molar-refractivity contribution in [3.63, 3.8) is 0 Å². The first-order valence-corrected chi connectivity index (χ1v) is 9.88. The summed E-state index contributed by atoms with van der Waals surface area (Å²) in [5.41, 5.74) is 0.643. The first-order valence-electron chi connectivity index (χ1n) is 9.88. The summed E-state index contributed by atoms with van der Waals surface area (Å²) < 4.78 is 10.4. The van der Waals surface area contributed by atoms with E-state index in [0.29, 0.717) is 23.0 Å². The van der Waals surface area contributed by atoms with E-state index in [-0.39, 0.29) is 18.7 Å². The molecule has 2 heterocycles. The van der Waals surface area contributed by atoms with Crippen LogP contribution in [0.2, 0.25) is 0 Å². The van der Waals surface area contributed by atoms with Crippen molar-refractivity contribution in [1.82, 2.24) is 20.8 Å². The van der Waals surface area contributed by atoms with E-state index in [1.54, 1.807) is 50.4 Å². The van der Waals surface area contributed by atoms with Gasteiger partial charge in [-0.15, -0.1) is 0 Å². The maximum atomic E-state index is 12.4. The highest BCUT2D eigenvalue weighted by molar-refractivity contribution is 6.07. The Morgan fingerprint density at radius 3 is 2.66 bits per heavy atom. The van der Waals surface area contributed by atoms with E-state index in [4.69, 9.17) is 9.26 Å². The summed E-state index contributed by atoms with van der Waals surface area (Å²) in [6, 6.07) is 13.4. The molecule has 3 N–H and O–H groups in total. The first-order chi connectivity index (χ1) is 15.4. The molecule has 1 aliphatic rings. The summed E-state index contributed by atoms with van der Waals surface area (Å²) in [6.07, 6.45) is 0.397. The molecule has 1 aromatic heterocycles. The standard InChI is InChI=1S/C22H21N5O5/c1-22(20(29)25-21(30)26-22)14-4-3-5-15(12-14)23-17(28)10-11-18-24-19(27-32-18)13-6-8-16(31-2)9-7-13/h3-9,12H,10-11H2,1-2H3,(H,23,28)(H2,25,26,29,30)/t22-/m1/s1. The number of ether oxygens (including phenoxy) is 1. The molecule has 4 amide bonds. The third-order valence-electron chi connectivity index (χ3n) is 5.15. The zero-order valence-electron chi connectivity index (χ0n) is 17.5. The second-order valence-electron chi connectivity index (χ2n) is 7.40. The zero-order valence-corrected chi connectivity index (χ0v) is 17.5. The normalized spacial score (nSPS) is 17.6. The number of rotatable bonds is 7. The number of nitrogens with one attached hydrogen (secondary N) is 3. The predicted molar refractivity (Wildman–Crippen MR) is 114 cm³/mol. The van der Waals surface area contributed by atoms with Gasteiger partial charge in [0.05, 0.1) is 7.11 Å². The minimum absolute atomic E-state index is 0.128. The zero-order chi connectivity index (χ0) is 22.7. The van der Waals surface area contributed by atoms with Crippen molar-refractivity contribution in [2.45, 2.75) is 25.3 Å². The third-order valence-corrected chi connectivity index (χ3v) is 5.15. The quantitative estimate of drug-likeness (QED) is 0.485. The summed E-state index contributed by atoms with van der Waals surface area (Å²) in [5.74, 6) is 0.799. The lowest BCUT2D eigenvalue weighted by Crippen LogP contribution is -2.40. The molecule has 164 valence electrons. The van der Waals surface area contributed by atoms with Crippen LogP contribution in [0.25, 0.3) is 11.4 Å². The number of carbonyl (C=O) groups excluding carboxylic acids is 3. The second-order valence-corrected chi connectivity index (χ2v) is 7.40. The molecule has 1 atom stereocenters. The van der Waals surface area contributed by atoms with Crippen molar-refractivity contribution in [2.24, 2.45) is 0 Å². The van der Waals surface area contributed by atoms with Gasteiger partial charge < -0.3 is 19.9 Å². The van der Waals surface area contributed by atoms with Gasteiger partial charge in [0.25, 0.3) is 5.91 Å². The molecule has 0 saturated carbocycles. The largest absolute Gasteiger partial charge is 0.497 e. The molecule has 0 aliphatic carbocycles. The third kappa shape index (κ3) is 4.29. The van der Waals surface area contributed by atoms with Crippen molar-refractivity contribution in [3.8, 4) is 17.1 Å². The molecule has 3 aromatic rings. The van der Waals surface area contributed by atoms with Crippen molar-refractivity contribution >= 4 is 23.5 Å². The fraction of sp³-hybridized carbons (Fsp3) is 0.227. The fourth-order valence-corrected chi connectivity index (χ4v) is 3.31. The lowest BCUT2D eigenvalue weighted by molar-refractivity contribution is -0.123. The van der Waals surface area contributed by atoms with Crippen molar-refractivity contribution in [3.05, 3.63) is 60.0 Å². The molecule has 32 heavy (non-hydrogen) atoms. The summed E-state index contributed by atoms with van der Waals surface area (Å²) in [5, 5.41) is 11.5. The van der Waals surface area contributed by atoms with Crippen LogP contribution in [-0.4, -0.2) is 35.1 Å². The first kappa shape index (κ1) is 21.0. The van der Waals surface area contributed by atoms with E-state index >= 15 is 0 Å². The van der Waals surface area contributed by atoms with Gasteiger partial charge in [0.1, 0.15) is 11.3 Å². The van der Waals surface area contributed by atoms with Crippen LogP contribution in [0.15, 0.2) is 53.1 Å². The van der Waals surface area contributed by atoms with E-state index in [1.165, 1.54) is 0 Å². The predicted octanol–water partition coefficient (Wildman–Crippen LogP) is 2.37. The van der Waals surface area contributed by atoms with Crippen LogP contribution in [-0.2, 0) is 21.5 Å². The Bertz CT molecular complexity index is 1170. The number of nitrogens with zero attached hydrogens (tertiary/aromatic N) is 2. The molecular weight excluding hydrogens is 414 g/mol.